The Hall–Kier alpha value is -4.32. The van der Waals surface area contributed by atoms with Gasteiger partial charge in [-0.2, -0.15) is 0 Å². The van der Waals surface area contributed by atoms with Crippen molar-refractivity contribution in [2.24, 2.45) is 11.8 Å². The van der Waals surface area contributed by atoms with Crippen LogP contribution in [0.1, 0.15) is 25.1 Å². The van der Waals surface area contributed by atoms with Gasteiger partial charge in [0.25, 0.3) is 5.69 Å². The highest BCUT2D eigenvalue weighted by atomic mass is 16.6. The Morgan fingerprint density at radius 2 is 1.86 bits per heavy atom. The summed E-state index contributed by atoms with van der Waals surface area (Å²) in [5.41, 5.74) is -1.84. The standard InChI is InChI=1S/C23H21N3O9/c1-2-3-10-25-20(29)17-18(21(25)30)23(22(31)32,11-16(27)28)24-19(17)15-9-8-14(35-15)12-4-6-13(7-5-12)26(33)34/h2-9,17-19,24H,10-11H2,1H3,(H,27,28)(H,31,32)/b3-2+. The number of hydrogen-bond donors (Lipinski definition) is 3. The second-order valence-corrected chi connectivity index (χ2v) is 8.33. The van der Waals surface area contributed by atoms with Crippen molar-refractivity contribution in [3.05, 3.63) is 64.4 Å². The number of amides is 2. The van der Waals surface area contributed by atoms with E-state index in [0.29, 0.717) is 11.3 Å². The van der Waals surface area contributed by atoms with Gasteiger partial charge in [0.2, 0.25) is 11.8 Å². The van der Waals surface area contributed by atoms with Crippen molar-refractivity contribution < 1.29 is 38.7 Å². The first-order valence-electron chi connectivity index (χ1n) is 10.6. The fourth-order valence-corrected chi connectivity index (χ4v) is 4.79. The summed E-state index contributed by atoms with van der Waals surface area (Å²) in [6.07, 6.45) is 2.28. The maximum Gasteiger partial charge on any atom is 0.325 e. The summed E-state index contributed by atoms with van der Waals surface area (Å²) in [5, 5.41) is 33.1. The van der Waals surface area contributed by atoms with Crippen LogP contribution in [0.4, 0.5) is 5.69 Å². The van der Waals surface area contributed by atoms with Crippen LogP contribution in [0.5, 0.6) is 0 Å². The minimum Gasteiger partial charge on any atom is -0.481 e. The van der Waals surface area contributed by atoms with E-state index in [4.69, 9.17) is 4.42 Å². The number of carbonyl (C=O) groups excluding carboxylic acids is 2. The zero-order valence-corrected chi connectivity index (χ0v) is 18.4. The van der Waals surface area contributed by atoms with E-state index < -0.39 is 58.5 Å². The molecule has 0 aliphatic carbocycles. The number of nitro benzene ring substituents is 1. The van der Waals surface area contributed by atoms with Gasteiger partial charge in [-0.1, -0.05) is 12.2 Å². The Balaban J connectivity index is 1.75. The molecule has 4 atom stereocenters. The van der Waals surface area contributed by atoms with Gasteiger partial charge in [-0.15, -0.1) is 0 Å². The first-order chi connectivity index (χ1) is 16.6. The smallest absolute Gasteiger partial charge is 0.325 e. The van der Waals surface area contributed by atoms with Gasteiger partial charge in [0.15, 0.2) is 0 Å². The molecule has 0 saturated carbocycles. The van der Waals surface area contributed by atoms with Crippen LogP contribution in [-0.4, -0.2) is 55.9 Å². The van der Waals surface area contributed by atoms with Crippen LogP contribution in [0.2, 0.25) is 0 Å². The van der Waals surface area contributed by atoms with Crippen molar-refractivity contribution in [2.45, 2.75) is 24.9 Å². The molecule has 3 N–H and O–H groups in total. The predicted molar refractivity (Wildman–Crippen MR) is 118 cm³/mol. The number of nitrogens with zero attached hydrogens (tertiary/aromatic N) is 2. The van der Waals surface area contributed by atoms with E-state index >= 15 is 0 Å². The maximum atomic E-state index is 13.2. The topological polar surface area (TPSA) is 180 Å². The van der Waals surface area contributed by atoms with Gasteiger partial charge in [0, 0.05) is 24.2 Å². The van der Waals surface area contributed by atoms with Crippen molar-refractivity contribution in [3.63, 3.8) is 0 Å². The number of carboxylic acid groups (broad SMARTS) is 2. The van der Waals surface area contributed by atoms with Gasteiger partial charge in [-0.3, -0.25) is 39.5 Å². The molecule has 2 aliphatic rings. The average molecular weight is 483 g/mol. The van der Waals surface area contributed by atoms with Crippen LogP contribution < -0.4 is 5.32 Å². The molecule has 4 unspecified atom stereocenters. The molecule has 4 rings (SSSR count). The maximum absolute atomic E-state index is 13.2. The zero-order valence-electron chi connectivity index (χ0n) is 18.4. The quantitative estimate of drug-likeness (QED) is 0.217. The Morgan fingerprint density at radius 3 is 2.43 bits per heavy atom. The van der Waals surface area contributed by atoms with Crippen LogP contribution in [-0.2, 0) is 19.2 Å². The SMILES string of the molecule is C/C=C/CN1C(=O)C2C(c3ccc(-c4ccc([N+](=O)[O-])cc4)o3)NC(CC(=O)O)(C(=O)O)C2C1=O. The van der Waals surface area contributed by atoms with Crippen LogP contribution in [0.3, 0.4) is 0 Å². The molecular formula is C23H21N3O9. The summed E-state index contributed by atoms with van der Waals surface area (Å²) in [6.45, 7) is 1.63. The molecular weight excluding hydrogens is 462 g/mol. The van der Waals surface area contributed by atoms with Crippen molar-refractivity contribution in [1.82, 2.24) is 10.2 Å². The third kappa shape index (κ3) is 3.87. The van der Waals surface area contributed by atoms with Crippen molar-refractivity contribution in [2.75, 3.05) is 6.54 Å². The number of carbonyl (C=O) groups is 4. The summed E-state index contributed by atoms with van der Waals surface area (Å²) >= 11 is 0. The first kappa shape index (κ1) is 23.8. The van der Waals surface area contributed by atoms with Gasteiger partial charge in [-0.05, 0) is 31.2 Å². The summed E-state index contributed by atoms with van der Waals surface area (Å²) in [4.78, 5) is 61.7. The monoisotopic (exact) mass is 483 g/mol. The highest BCUT2D eigenvalue weighted by molar-refractivity contribution is 6.10. The molecule has 12 nitrogen and oxygen atoms in total. The van der Waals surface area contributed by atoms with Gasteiger partial charge < -0.3 is 14.6 Å². The van der Waals surface area contributed by atoms with E-state index in [0.717, 1.165) is 4.90 Å². The lowest BCUT2D eigenvalue weighted by Crippen LogP contribution is -2.56. The Bertz CT molecular complexity index is 1250. The number of aliphatic carboxylic acids is 2. The molecule has 35 heavy (non-hydrogen) atoms. The van der Waals surface area contributed by atoms with Crippen molar-refractivity contribution in [1.29, 1.82) is 0 Å². The Labute approximate surface area is 198 Å². The molecule has 0 spiro atoms. The molecule has 0 radical (unpaired) electrons. The average Bonchev–Trinajstić information content (AvgIpc) is 3.48. The lowest BCUT2D eigenvalue weighted by Gasteiger charge is -2.29. The number of benzene rings is 1. The second-order valence-electron chi connectivity index (χ2n) is 8.33. The lowest BCUT2D eigenvalue weighted by atomic mass is 9.78. The third-order valence-electron chi connectivity index (χ3n) is 6.38. The third-order valence-corrected chi connectivity index (χ3v) is 6.38. The molecule has 182 valence electrons. The normalized spacial score (nSPS) is 25.9. The number of rotatable bonds is 8. The number of nitrogens with one attached hydrogen (secondary N) is 1. The van der Waals surface area contributed by atoms with E-state index in [-0.39, 0.29) is 18.0 Å². The number of imide groups is 1. The molecule has 12 heteroatoms. The zero-order chi connectivity index (χ0) is 25.5. The number of nitro groups is 1. The minimum absolute atomic E-state index is 0.0666. The number of allylic oxidation sites excluding steroid dienone is 1. The van der Waals surface area contributed by atoms with Crippen LogP contribution >= 0.6 is 0 Å². The summed E-state index contributed by atoms with van der Waals surface area (Å²) in [5.74, 6) is -6.62. The molecule has 2 saturated heterocycles. The molecule has 2 aliphatic heterocycles. The largest absolute Gasteiger partial charge is 0.481 e. The van der Waals surface area contributed by atoms with Crippen LogP contribution in [0, 0.1) is 22.0 Å². The van der Waals surface area contributed by atoms with Gasteiger partial charge in [0.1, 0.15) is 17.1 Å². The number of furan rings is 1. The molecule has 2 fully saturated rings. The summed E-state index contributed by atoms with van der Waals surface area (Å²) in [7, 11) is 0. The molecule has 2 aromatic rings. The van der Waals surface area contributed by atoms with Gasteiger partial charge in [0.05, 0.1) is 29.2 Å². The number of likely N-dealkylation sites (tertiary alicyclic amines) is 1. The number of non-ortho nitro benzene ring substituents is 1. The van der Waals surface area contributed by atoms with Crippen LogP contribution in [0.25, 0.3) is 11.3 Å². The fourth-order valence-electron chi connectivity index (χ4n) is 4.79. The van der Waals surface area contributed by atoms with E-state index in [1.165, 1.54) is 30.3 Å². The fraction of sp³-hybridized carbons (Fsp3) is 0.304. The Kier molecular flexibility index (Phi) is 5.99. The minimum atomic E-state index is -2.22. The van der Waals surface area contributed by atoms with Gasteiger partial charge in [-0.25, -0.2) is 0 Å². The predicted octanol–water partition coefficient (Wildman–Crippen LogP) is 1.97. The number of fused-ring (bicyclic) bond motifs is 1. The van der Waals surface area contributed by atoms with Crippen molar-refractivity contribution in [3.8, 4) is 11.3 Å². The molecule has 2 amide bonds. The molecule has 1 aromatic carbocycles. The van der Waals surface area contributed by atoms with E-state index in [9.17, 15) is 39.5 Å². The molecule has 0 bridgehead atoms. The number of hydrogen-bond acceptors (Lipinski definition) is 8. The number of carboxylic acids is 2. The Morgan fingerprint density at radius 1 is 1.17 bits per heavy atom. The van der Waals surface area contributed by atoms with E-state index in [2.05, 4.69) is 5.32 Å². The van der Waals surface area contributed by atoms with Crippen molar-refractivity contribution >= 4 is 29.4 Å². The molecule has 1 aromatic heterocycles. The highest BCUT2D eigenvalue weighted by Crippen LogP contribution is 2.50. The van der Waals surface area contributed by atoms with Crippen LogP contribution in [0.15, 0.2) is 53.0 Å². The van der Waals surface area contributed by atoms with Gasteiger partial charge >= 0.3 is 11.9 Å². The molecule has 3 heterocycles. The van der Waals surface area contributed by atoms with E-state index in [1.54, 1.807) is 25.1 Å². The van der Waals surface area contributed by atoms with E-state index in [1.807, 2.05) is 0 Å². The summed E-state index contributed by atoms with van der Waals surface area (Å²) < 4.78 is 5.87. The lowest BCUT2D eigenvalue weighted by molar-refractivity contribution is -0.384. The summed E-state index contributed by atoms with van der Waals surface area (Å²) in [6, 6.07) is 7.49. The second kappa shape index (κ2) is 8.80. The first-order valence-corrected chi connectivity index (χ1v) is 10.6. The highest BCUT2D eigenvalue weighted by Gasteiger charge is 2.69.